The molecule has 194 valence electrons. The molecule has 35 heavy (non-hydrogen) atoms. The van der Waals surface area contributed by atoms with E-state index in [0.717, 1.165) is 26.1 Å². The number of hydrogen-bond acceptors (Lipinski definition) is 2. The van der Waals surface area contributed by atoms with Gasteiger partial charge < -0.3 is 8.85 Å². The third kappa shape index (κ3) is 8.01. The molecule has 0 saturated heterocycles. The van der Waals surface area contributed by atoms with Gasteiger partial charge >= 0.3 is 0 Å². The van der Waals surface area contributed by atoms with Crippen LogP contribution in [0.2, 0.25) is 23.2 Å². The zero-order valence-electron chi connectivity index (χ0n) is 23.9. The summed E-state index contributed by atoms with van der Waals surface area (Å²) in [6.45, 7) is 22.5. The Morgan fingerprint density at radius 3 is 1.71 bits per heavy atom. The fourth-order valence-electron chi connectivity index (χ4n) is 4.42. The summed E-state index contributed by atoms with van der Waals surface area (Å²) in [5.74, 6) is 0.561. The van der Waals surface area contributed by atoms with Gasteiger partial charge in [0, 0.05) is 13.2 Å². The molecule has 2 aromatic rings. The molecule has 2 rings (SSSR count). The molecule has 0 saturated carbocycles. The fraction of sp³-hybridized carbons (Fsp3) is 0.548. The van der Waals surface area contributed by atoms with E-state index in [-0.39, 0.29) is 10.1 Å². The number of benzene rings is 2. The second kappa shape index (κ2) is 12.7. The van der Waals surface area contributed by atoms with Crippen LogP contribution in [0, 0.1) is 5.92 Å². The third-order valence-electron chi connectivity index (χ3n) is 7.56. The first-order valence-corrected chi connectivity index (χ1v) is 18.2. The average Bonchev–Trinajstić information content (AvgIpc) is 2.79. The highest BCUT2D eigenvalue weighted by Gasteiger charge is 2.49. The second-order valence-corrected chi connectivity index (χ2v) is 21.6. The van der Waals surface area contributed by atoms with E-state index in [1.165, 1.54) is 16.8 Å². The number of hydrogen-bond donors (Lipinski definition) is 0. The summed E-state index contributed by atoms with van der Waals surface area (Å²) >= 11 is 0. The number of rotatable bonds is 12. The zero-order valence-corrected chi connectivity index (χ0v) is 25.9. The van der Waals surface area contributed by atoms with Gasteiger partial charge in [-0.1, -0.05) is 121 Å². The molecular formula is C31H50O2Si2. The molecule has 2 aromatic carbocycles. The van der Waals surface area contributed by atoms with Crippen LogP contribution in [0.5, 0.6) is 0 Å². The molecule has 4 heteroatoms. The van der Waals surface area contributed by atoms with E-state index in [1.54, 1.807) is 0 Å². The minimum absolute atomic E-state index is 0.0247. The molecule has 0 aliphatic rings. The van der Waals surface area contributed by atoms with Gasteiger partial charge in [-0.15, -0.1) is 0 Å². The standard InChI is InChI=1S/C31H50O2Si2/c1-27(20-18-26-32-34(8,9)30(2,3)4)19-16-17-25-33-35(31(5,6)7,28-21-12-10-13-22-28)29-23-14-11-15-24-29/h10-16,19,21-24,27H,17-18,20,25-26H2,1-9H3/b19-16+/t27-/m0/s1. The van der Waals surface area contributed by atoms with E-state index in [1.807, 2.05) is 0 Å². The summed E-state index contributed by atoms with van der Waals surface area (Å²) < 4.78 is 13.3. The largest absolute Gasteiger partial charge is 0.417 e. The average molecular weight is 511 g/mol. The molecule has 0 aliphatic carbocycles. The first-order chi connectivity index (χ1) is 16.3. The lowest BCUT2D eigenvalue weighted by molar-refractivity contribution is 0.274. The van der Waals surface area contributed by atoms with Crippen molar-refractivity contribution in [3.8, 4) is 0 Å². The molecule has 0 N–H and O–H groups in total. The van der Waals surface area contributed by atoms with Gasteiger partial charge in [-0.2, -0.15) is 0 Å². The zero-order chi connectivity index (χ0) is 26.2. The predicted octanol–water partition coefficient (Wildman–Crippen LogP) is 7.95. The molecule has 0 heterocycles. The van der Waals surface area contributed by atoms with Crippen molar-refractivity contribution in [2.24, 2.45) is 5.92 Å². The van der Waals surface area contributed by atoms with Gasteiger partial charge in [0.05, 0.1) is 0 Å². The van der Waals surface area contributed by atoms with Crippen LogP contribution in [0.1, 0.15) is 67.7 Å². The highest BCUT2D eigenvalue weighted by Crippen LogP contribution is 2.37. The molecule has 2 nitrogen and oxygen atoms in total. The summed E-state index contributed by atoms with van der Waals surface area (Å²) in [5, 5.41) is 3.00. The van der Waals surface area contributed by atoms with Crippen LogP contribution in [0.15, 0.2) is 72.8 Å². The van der Waals surface area contributed by atoms with Crippen LogP contribution in [-0.4, -0.2) is 29.8 Å². The van der Waals surface area contributed by atoms with E-state index in [9.17, 15) is 0 Å². The van der Waals surface area contributed by atoms with E-state index in [4.69, 9.17) is 8.85 Å². The van der Waals surface area contributed by atoms with Crippen molar-refractivity contribution in [1.29, 1.82) is 0 Å². The van der Waals surface area contributed by atoms with Gasteiger partial charge in [0.1, 0.15) is 0 Å². The second-order valence-electron chi connectivity index (χ2n) is 12.5. The summed E-state index contributed by atoms with van der Waals surface area (Å²) in [7, 11) is -4.07. The maximum atomic E-state index is 6.99. The Bertz CT molecular complexity index is 854. The highest BCUT2D eigenvalue weighted by molar-refractivity contribution is 6.99. The molecule has 0 radical (unpaired) electrons. The Morgan fingerprint density at radius 2 is 1.26 bits per heavy atom. The normalized spacial score (nSPS) is 14.4. The van der Waals surface area contributed by atoms with Crippen molar-refractivity contribution in [2.45, 2.75) is 90.9 Å². The van der Waals surface area contributed by atoms with Gasteiger partial charge in [-0.25, -0.2) is 0 Å². The quantitative estimate of drug-likeness (QED) is 0.164. The van der Waals surface area contributed by atoms with Crippen LogP contribution in [0.25, 0.3) is 0 Å². The Balaban J connectivity index is 1.97. The highest BCUT2D eigenvalue weighted by atomic mass is 28.4. The molecule has 0 aromatic heterocycles. The van der Waals surface area contributed by atoms with Gasteiger partial charge in [-0.3, -0.25) is 0 Å². The summed E-state index contributed by atoms with van der Waals surface area (Å²) in [6.07, 6.45) is 7.91. The minimum Gasteiger partial charge on any atom is -0.417 e. The third-order valence-corrected chi connectivity index (χ3v) is 17.1. The van der Waals surface area contributed by atoms with E-state index >= 15 is 0 Å². The Hall–Kier alpha value is -1.47. The molecule has 0 unspecified atom stereocenters. The van der Waals surface area contributed by atoms with Crippen LogP contribution < -0.4 is 10.4 Å². The van der Waals surface area contributed by atoms with Gasteiger partial charge in [0.2, 0.25) is 0 Å². The van der Waals surface area contributed by atoms with E-state index in [0.29, 0.717) is 5.92 Å². The monoisotopic (exact) mass is 510 g/mol. The lowest BCUT2D eigenvalue weighted by Crippen LogP contribution is -2.66. The molecule has 0 spiro atoms. The smallest absolute Gasteiger partial charge is 0.261 e. The van der Waals surface area contributed by atoms with Gasteiger partial charge in [-0.05, 0) is 58.7 Å². The van der Waals surface area contributed by atoms with E-state index < -0.39 is 16.6 Å². The fourth-order valence-corrected chi connectivity index (χ4v) is 10.1. The van der Waals surface area contributed by atoms with Crippen LogP contribution >= 0.6 is 0 Å². The lowest BCUT2D eigenvalue weighted by atomic mass is 10.1. The molecule has 0 bridgehead atoms. The summed E-state index contributed by atoms with van der Waals surface area (Å²) in [5.41, 5.74) is 0. The molecular weight excluding hydrogens is 461 g/mol. The SMILES string of the molecule is C[C@@H](/C=C/CCO[Si](c1ccccc1)(c1ccccc1)C(C)(C)C)CCCO[Si](C)(C)C(C)(C)C. The first-order valence-electron chi connectivity index (χ1n) is 13.4. The Kier molecular flexibility index (Phi) is 10.8. The van der Waals surface area contributed by atoms with Crippen LogP contribution in [-0.2, 0) is 8.85 Å². The van der Waals surface area contributed by atoms with Crippen molar-refractivity contribution in [3.63, 3.8) is 0 Å². The van der Waals surface area contributed by atoms with Gasteiger partial charge in [0.25, 0.3) is 8.32 Å². The van der Waals surface area contributed by atoms with Crippen LogP contribution in [0.4, 0.5) is 0 Å². The van der Waals surface area contributed by atoms with Gasteiger partial charge in [0.15, 0.2) is 8.32 Å². The Morgan fingerprint density at radius 1 is 0.743 bits per heavy atom. The topological polar surface area (TPSA) is 18.5 Å². The molecule has 0 aliphatic heterocycles. The van der Waals surface area contributed by atoms with Crippen LogP contribution in [0.3, 0.4) is 0 Å². The van der Waals surface area contributed by atoms with Crippen molar-refractivity contribution in [2.75, 3.05) is 13.2 Å². The maximum Gasteiger partial charge on any atom is 0.261 e. The Labute approximate surface area is 218 Å². The molecule has 0 amide bonds. The summed E-state index contributed by atoms with van der Waals surface area (Å²) in [6, 6.07) is 21.8. The molecule has 1 atom stereocenters. The maximum absolute atomic E-state index is 6.99. The summed E-state index contributed by atoms with van der Waals surface area (Å²) in [4.78, 5) is 0. The van der Waals surface area contributed by atoms with Crippen molar-refractivity contribution < 1.29 is 8.85 Å². The van der Waals surface area contributed by atoms with Crippen molar-refractivity contribution >= 4 is 27.0 Å². The van der Waals surface area contributed by atoms with Crippen molar-refractivity contribution in [1.82, 2.24) is 0 Å². The lowest BCUT2D eigenvalue weighted by Gasteiger charge is -2.43. The van der Waals surface area contributed by atoms with Crippen molar-refractivity contribution in [3.05, 3.63) is 72.8 Å². The predicted molar refractivity (Wildman–Crippen MR) is 159 cm³/mol. The number of allylic oxidation sites excluding steroid dienone is 1. The first kappa shape index (κ1) is 29.8. The molecule has 0 fully saturated rings. The minimum atomic E-state index is -2.43. The van der Waals surface area contributed by atoms with E-state index in [2.05, 4.69) is 134 Å².